The molecule has 0 aliphatic heterocycles. The van der Waals surface area contributed by atoms with Crippen molar-refractivity contribution in [1.29, 1.82) is 0 Å². The van der Waals surface area contributed by atoms with Gasteiger partial charge in [0, 0.05) is 10.9 Å². The Morgan fingerprint density at radius 3 is 2.26 bits per heavy atom. The second-order valence-corrected chi connectivity index (χ2v) is 7.14. The Morgan fingerprint density at radius 2 is 1.52 bits per heavy atom. The van der Waals surface area contributed by atoms with Crippen LogP contribution >= 0.6 is 0 Å². The van der Waals surface area contributed by atoms with E-state index in [1.807, 2.05) is 30.3 Å². The van der Waals surface area contributed by atoms with Gasteiger partial charge >= 0.3 is 0 Å². The summed E-state index contributed by atoms with van der Waals surface area (Å²) in [5, 5.41) is 1.59. The van der Waals surface area contributed by atoms with E-state index in [1.165, 1.54) is 30.4 Å². The molecule has 1 heteroatoms. The normalized spacial score (nSPS) is 10.6. The molecular weight excluding hydrogens is 331 g/mol. The van der Waals surface area contributed by atoms with E-state index in [-0.39, 0.29) is 5.82 Å². The first kappa shape index (κ1) is 19.2. The predicted molar refractivity (Wildman–Crippen MR) is 114 cm³/mol. The molecule has 0 radical (unpaired) electrons. The van der Waals surface area contributed by atoms with E-state index in [4.69, 9.17) is 0 Å². The number of halogens is 1. The van der Waals surface area contributed by atoms with Crippen LogP contribution < -0.4 is 0 Å². The zero-order valence-corrected chi connectivity index (χ0v) is 16.3. The number of unbranched alkanes of at least 4 members (excludes halogenated alkanes) is 2. The number of aryl methyl sites for hydroxylation is 2. The summed E-state index contributed by atoms with van der Waals surface area (Å²) in [7, 11) is 0. The molecule has 3 aromatic carbocycles. The number of rotatable bonds is 6. The van der Waals surface area contributed by atoms with Crippen LogP contribution in [0.15, 0.2) is 54.6 Å². The summed E-state index contributed by atoms with van der Waals surface area (Å²) in [6.45, 7) is 4.37. The third-order valence-corrected chi connectivity index (χ3v) is 4.92. The van der Waals surface area contributed by atoms with Gasteiger partial charge in [-0.05, 0) is 54.0 Å². The van der Waals surface area contributed by atoms with E-state index in [0.717, 1.165) is 30.2 Å². The van der Waals surface area contributed by atoms with Gasteiger partial charge in [-0.15, -0.1) is 0 Å². The third kappa shape index (κ3) is 4.98. The topological polar surface area (TPSA) is 0 Å². The first-order chi connectivity index (χ1) is 13.2. The zero-order chi connectivity index (χ0) is 19.1. The summed E-state index contributed by atoms with van der Waals surface area (Å²) in [5.41, 5.74) is 3.97. The molecule has 0 bridgehead atoms. The monoisotopic (exact) mass is 358 g/mol. The first-order valence-electron chi connectivity index (χ1n) is 10.0. The van der Waals surface area contributed by atoms with Crippen LogP contribution in [0.4, 0.5) is 4.39 Å². The Labute approximate surface area is 162 Å². The average molecular weight is 358 g/mol. The van der Waals surface area contributed by atoms with E-state index >= 15 is 0 Å². The number of hydrogen-bond acceptors (Lipinski definition) is 0. The van der Waals surface area contributed by atoms with E-state index in [2.05, 4.69) is 43.9 Å². The Hall–Kier alpha value is -2.59. The van der Waals surface area contributed by atoms with Crippen LogP contribution in [0.2, 0.25) is 0 Å². The molecule has 0 fully saturated rings. The van der Waals surface area contributed by atoms with E-state index in [0.29, 0.717) is 10.9 Å². The van der Waals surface area contributed by atoms with Gasteiger partial charge in [-0.2, -0.15) is 0 Å². The molecule has 138 valence electrons. The van der Waals surface area contributed by atoms with Crippen LogP contribution in [0.25, 0.3) is 10.8 Å². The maximum Gasteiger partial charge on any atom is 0.146 e. The number of hydrogen-bond donors (Lipinski definition) is 0. The first-order valence-corrected chi connectivity index (χ1v) is 10.0. The Bertz CT molecular complexity index is 955. The van der Waals surface area contributed by atoms with Crippen molar-refractivity contribution in [2.75, 3.05) is 0 Å². The highest BCUT2D eigenvalue weighted by Crippen LogP contribution is 2.23. The Balaban J connectivity index is 1.79. The van der Waals surface area contributed by atoms with Crippen LogP contribution in [0.1, 0.15) is 61.8 Å². The second-order valence-electron chi connectivity index (χ2n) is 7.14. The molecule has 0 aliphatic carbocycles. The summed E-state index contributed by atoms with van der Waals surface area (Å²) in [6.07, 6.45) is 6.96. The molecule has 0 saturated carbocycles. The van der Waals surface area contributed by atoms with Crippen molar-refractivity contribution in [2.24, 2.45) is 0 Å². The fraction of sp³-hybridized carbons (Fsp3) is 0.308. The Morgan fingerprint density at radius 1 is 0.741 bits per heavy atom. The lowest BCUT2D eigenvalue weighted by Gasteiger charge is -2.05. The summed E-state index contributed by atoms with van der Waals surface area (Å²) in [5.74, 6) is 5.89. The third-order valence-electron chi connectivity index (χ3n) is 4.92. The molecule has 27 heavy (non-hydrogen) atoms. The minimum atomic E-state index is -0.223. The van der Waals surface area contributed by atoms with Crippen LogP contribution in [0.5, 0.6) is 0 Å². The molecule has 0 amide bonds. The molecule has 0 atom stereocenters. The minimum absolute atomic E-state index is 0.223. The smallest absolute Gasteiger partial charge is 0.146 e. The van der Waals surface area contributed by atoms with Gasteiger partial charge in [-0.25, -0.2) is 4.39 Å². The van der Waals surface area contributed by atoms with Crippen molar-refractivity contribution < 1.29 is 4.39 Å². The molecule has 0 saturated heterocycles. The zero-order valence-electron chi connectivity index (χ0n) is 16.3. The highest BCUT2D eigenvalue weighted by atomic mass is 19.1. The molecule has 0 spiro atoms. The quantitative estimate of drug-likeness (QED) is 0.327. The summed E-state index contributed by atoms with van der Waals surface area (Å²) >= 11 is 0. The fourth-order valence-corrected chi connectivity index (χ4v) is 3.36. The average Bonchev–Trinajstić information content (AvgIpc) is 2.69. The van der Waals surface area contributed by atoms with Crippen molar-refractivity contribution in [3.63, 3.8) is 0 Å². The molecule has 0 unspecified atom stereocenters. The summed E-state index contributed by atoms with van der Waals surface area (Å²) < 4.78 is 14.8. The van der Waals surface area contributed by atoms with Crippen LogP contribution in [0.3, 0.4) is 0 Å². The van der Waals surface area contributed by atoms with Gasteiger partial charge in [-0.1, -0.05) is 81.3 Å². The highest BCUT2D eigenvalue weighted by molar-refractivity contribution is 5.85. The SMILES string of the molecule is CCCCCc1ccc(C#Cc2ccc3cc(CCC)ccc3c2F)cc1. The second kappa shape index (κ2) is 9.38. The maximum atomic E-state index is 14.8. The largest absolute Gasteiger partial charge is 0.205 e. The lowest BCUT2D eigenvalue weighted by Crippen LogP contribution is -1.89. The van der Waals surface area contributed by atoms with Gasteiger partial charge < -0.3 is 0 Å². The van der Waals surface area contributed by atoms with Gasteiger partial charge in [-0.3, -0.25) is 0 Å². The summed E-state index contributed by atoms with van der Waals surface area (Å²) in [4.78, 5) is 0. The molecule has 0 nitrogen and oxygen atoms in total. The maximum absolute atomic E-state index is 14.8. The molecule has 0 aliphatic rings. The van der Waals surface area contributed by atoms with Gasteiger partial charge in [0.1, 0.15) is 5.82 Å². The van der Waals surface area contributed by atoms with Crippen molar-refractivity contribution in [3.05, 3.63) is 82.7 Å². The van der Waals surface area contributed by atoms with Crippen molar-refractivity contribution in [1.82, 2.24) is 0 Å². The van der Waals surface area contributed by atoms with Crippen LogP contribution in [-0.4, -0.2) is 0 Å². The van der Waals surface area contributed by atoms with Crippen molar-refractivity contribution in [2.45, 2.75) is 52.4 Å². The van der Waals surface area contributed by atoms with Crippen LogP contribution in [-0.2, 0) is 12.8 Å². The van der Waals surface area contributed by atoms with Crippen molar-refractivity contribution >= 4 is 10.8 Å². The number of benzene rings is 3. The number of fused-ring (bicyclic) bond motifs is 1. The molecule has 0 aromatic heterocycles. The minimum Gasteiger partial charge on any atom is -0.205 e. The molecule has 0 N–H and O–H groups in total. The predicted octanol–water partition coefficient (Wildman–Crippen LogP) is 7.06. The lowest BCUT2D eigenvalue weighted by atomic mass is 10.0. The van der Waals surface area contributed by atoms with E-state index in [9.17, 15) is 4.39 Å². The summed E-state index contributed by atoms with van der Waals surface area (Å²) in [6, 6.07) is 18.1. The van der Waals surface area contributed by atoms with Gasteiger partial charge in [0.2, 0.25) is 0 Å². The molecule has 3 aromatic rings. The molecule has 3 rings (SSSR count). The standard InChI is InChI=1S/C26H27F/c1-3-5-6-8-20-9-11-21(12-10-20)13-15-23-16-17-24-19-22(7-4-2)14-18-25(24)26(23)27/h9-12,14,16-19H,3-8H2,1-2H3. The van der Waals surface area contributed by atoms with E-state index < -0.39 is 0 Å². The van der Waals surface area contributed by atoms with Gasteiger partial charge in [0.25, 0.3) is 0 Å². The molecule has 0 heterocycles. The molecular formula is C26H27F. The van der Waals surface area contributed by atoms with Crippen LogP contribution in [0, 0.1) is 17.7 Å². The van der Waals surface area contributed by atoms with E-state index in [1.54, 1.807) is 6.07 Å². The fourth-order valence-electron chi connectivity index (χ4n) is 3.36. The Kier molecular flexibility index (Phi) is 6.66. The lowest BCUT2D eigenvalue weighted by molar-refractivity contribution is 0.636. The van der Waals surface area contributed by atoms with Gasteiger partial charge in [0.15, 0.2) is 0 Å². The highest BCUT2D eigenvalue weighted by Gasteiger charge is 2.06. The van der Waals surface area contributed by atoms with Crippen molar-refractivity contribution in [3.8, 4) is 11.8 Å². The van der Waals surface area contributed by atoms with Gasteiger partial charge in [0.05, 0.1) is 5.56 Å².